The van der Waals surface area contributed by atoms with Gasteiger partial charge in [-0.3, -0.25) is 0 Å². The Labute approximate surface area is 112 Å². The number of halogens is 1. The Kier molecular flexibility index (Phi) is 3.16. The van der Waals surface area contributed by atoms with Crippen molar-refractivity contribution in [3.8, 4) is 0 Å². The first-order valence-corrected chi connectivity index (χ1v) is 6.95. The van der Waals surface area contributed by atoms with Crippen molar-refractivity contribution in [3.05, 3.63) is 29.3 Å². The number of carbonyl (C=O) groups is 1. The van der Waals surface area contributed by atoms with E-state index in [1.54, 1.807) is 12.1 Å². The first kappa shape index (κ1) is 11.8. The van der Waals surface area contributed by atoms with E-state index < -0.39 is 0 Å². The standard InChI is InChI=1S/C14H17ClN2O/c15-11-5-7-12(8-6-11)16-14(18)17-9-1-2-13(17)10-3-4-10/h5-8,10,13H,1-4,9H2,(H,16,18). The molecular weight excluding hydrogens is 248 g/mol. The predicted octanol–water partition coefficient (Wildman–Crippen LogP) is 3.75. The lowest BCUT2D eigenvalue weighted by atomic mass is 10.1. The average molecular weight is 265 g/mol. The van der Waals surface area contributed by atoms with E-state index in [2.05, 4.69) is 5.32 Å². The van der Waals surface area contributed by atoms with Crippen molar-refractivity contribution < 1.29 is 4.79 Å². The van der Waals surface area contributed by atoms with Crippen molar-refractivity contribution in [1.29, 1.82) is 0 Å². The third-order valence-electron chi connectivity index (χ3n) is 3.82. The summed E-state index contributed by atoms with van der Waals surface area (Å²) in [5.41, 5.74) is 0.811. The van der Waals surface area contributed by atoms with E-state index in [9.17, 15) is 4.79 Å². The van der Waals surface area contributed by atoms with Crippen LogP contribution in [0.4, 0.5) is 10.5 Å². The van der Waals surface area contributed by atoms with Crippen molar-refractivity contribution in [2.45, 2.75) is 31.7 Å². The molecule has 0 bridgehead atoms. The van der Waals surface area contributed by atoms with Gasteiger partial charge in [-0.2, -0.15) is 0 Å². The van der Waals surface area contributed by atoms with Crippen LogP contribution in [0.3, 0.4) is 0 Å². The van der Waals surface area contributed by atoms with Gasteiger partial charge < -0.3 is 10.2 Å². The van der Waals surface area contributed by atoms with Crippen LogP contribution in [0.2, 0.25) is 5.02 Å². The van der Waals surface area contributed by atoms with Crippen molar-refractivity contribution in [2.24, 2.45) is 5.92 Å². The molecule has 1 atom stereocenters. The van der Waals surface area contributed by atoms with Gasteiger partial charge in [0.05, 0.1) is 0 Å². The summed E-state index contributed by atoms with van der Waals surface area (Å²) in [5, 5.41) is 3.64. The summed E-state index contributed by atoms with van der Waals surface area (Å²) in [6.07, 6.45) is 4.87. The molecule has 2 aliphatic rings. The highest BCUT2D eigenvalue weighted by atomic mass is 35.5. The Bertz CT molecular complexity index is 442. The minimum atomic E-state index is 0.0340. The maximum atomic E-state index is 12.2. The van der Waals surface area contributed by atoms with E-state index in [1.165, 1.54) is 19.3 Å². The molecule has 2 amide bonds. The molecule has 2 fully saturated rings. The van der Waals surface area contributed by atoms with E-state index in [1.807, 2.05) is 17.0 Å². The number of benzene rings is 1. The van der Waals surface area contributed by atoms with Crippen molar-refractivity contribution in [2.75, 3.05) is 11.9 Å². The second-order valence-electron chi connectivity index (χ2n) is 5.18. The molecule has 0 aromatic heterocycles. The quantitative estimate of drug-likeness (QED) is 0.867. The third-order valence-corrected chi connectivity index (χ3v) is 4.07. The minimum Gasteiger partial charge on any atom is -0.321 e. The van der Waals surface area contributed by atoms with Crippen LogP contribution in [0.1, 0.15) is 25.7 Å². The van der Waals surface area contributed by atoms with Crippen LogP contribution < -0.4 is 5.32 Å². The normalized spacial score (nSPS) is 23.2. The molecule has 1 saturated carbocycles. The first-order valence-electron chi connectivity index (χ1n) is 6.57. The zero-order chi connectivity index (χ0) is 12.5. The summed E-state index contributed by atoms with van der Waals surface area (Å²) < 4.78 is 0. The number of hydrogen-bond donors (Lipinski definition) is 1. The molecule has 3 nitrogen and oxygen atoms in total. The molecule has 18 heavy (non-hydrogen) atoms. The van der Waals surface area contributed by atoms with E-state index in [4.69, 9.17) is 11.6 Å². The summed E-state index contributed by atoms with van der Waals surface area (Å²) in [6, 6.07) is 7.76. The number of nitrogens with zero attached hydrogens (tertiary/aromatic N) is 1. The fourth-order valence-electron chi connectivity index (χ4n) is 2.74. The van der Waals surface area contributed by atoms with Crippen LogP contribution in [0, 0.1) is 5.92 Å². The predicted molar refractivity (Wildman–Crippen MR) is 72.9 cm³/mol. The number of likely N-dealkylation sites (tertiary alicyclic amines) is 1. The lowest BCUT2D eigenvalue weighted by Gasteiger charge is -2.24. The molecule has 1 heterocycles. The van der Waals surface area contributed by atoms with Crippen molar-refractivity contribution >= 4 is 23.3 Å². The molecule has 1 saturated heterocycles. The van der Waals surface area contributed by atoms with Crippen LogP contribution in [-0.4, -0.2) is 23.5 Å². The molecule has 4 heteroatoms. The van der Waals surface area contributed by atoms with Gasteiger partial charge in [0.15, 0.2) is 0 Å². The number of carbonyl (C=O) groups excluding carboxylic acids is 1. The van der Waals surface area contributed by atoms with Gasteiger partial charge in [-0.15, -0.1) is 0 Å². The summed E-state index contributed by atoms with van der Waals surface area (Å²) in [5.74, 6) is 0.753. The molecule has 96 valence electrons. The smallest absolute Gasteiger partial charge is 0.321 e. The van der Waals surface area contributed by atoms with Gasteiger partial charge in [-0.25, -0.2) is 4.79 Å². The highest BCUT2D eigenvalue weighted by Gasteiger charge is 2.39. The molecule has 3 rings (SSSR count). The Hall–Kier alpha value is -1.22. The molecule has 0 radical (unpaired) electrons. The monoisotopic (exact) mass is 264 g/mol. The third kappa shape index (κ3) is 2.46. The van der Waals surface area contributed by atoms with Gasteiger partial charge in [0, 0.05) is 23.3 Å². The van der Waals surface area contributed by atoms with Crippen LogP contribution in [0.15, 0.2) is 24.3 Å². The largest absolute Gasteiger partial charge is 0.322 e. The highest BCUT2D eigenvalue weighted by Crippen LogP contribution is 2.40. The van der Waals surface area contributed by atoms with Gasteiger partial charge in [0.25, 0.3) is 0 Å². The van der Waals surface area contributed by atoms with E-state index in [0.29, 0.717) is 11.1 Å². The molecule has 1 unspecified atom stereocenters. The maximum Gasteiger partial charge on any atom is 0.322 e. The second-order valence-corrected chi connectivity index (χ2v) is 5.61. The van der Waals surface area contributed by atoms with Crippen LogP contribution >= 0.6 is 11.6 Å². The van der Waals surface area contributed by atoms with Gasteiger partial charge in [-0.05, 0) is 55.9 Å². The van der Waals surface area contributed by atoms with Gasteiger partial charge in [-0.1, -0.05) is 11.6 Å². The van der Waals surface area contributed by atoms with E-state index in [-0.39, 0.29) is 6.03 Å². The second kappa shape index (κ2) is 4.81. The molecular formula is C14H17ClN2O. The molecule has 1 N–H and O–H groups in total. The zero-order valence-electron chi connectivity index (χ0n) is 10.2. The fourth-order valence-corrected chi connectivity index (χ4v) is 2.87. The van der Waals surface area contributed by atoms with Gasteiger partial charge in [0.1, 0.15) is 0 Å². The van der Waals surface area contributed by atoms with E-state index >= 15 is 0 Å². The SMILES string of the molecule is O=C(Nc1ccc(Cl)cc1)N1CCCC1C1CC1. The van der Waals surface area contributed by atoms with Crippen molar-refractivity contribution in [3.63, 3.8) is 0 Å². The molecule has 1 aliphatic carbocycles. The minimum absolute atomic E-state index is 0.0340. The van der Waals surface area contributed by atoms with E-state index in [0.717, 1.165) is 24.6 Å². The van der Waals surface area contributed by atoms with Crippen LogP contribution in [0.5, 0.6) is 0 Å². The van der Waals surface area contributed by atoms with Gasteiger partial charge >= 0.3 is 6.03 Å². The number of urea groups is 1. The number of nitrogens with one attached hydrogen (secondary N) is 1. The summed E-state index contributed by atoms with van der Waals surface area (Å²) in [7, 11) is 0. The number of anilines is 1. The lowest BCUT2D eigenvalue weighted by molar-refractivity contribution is 0.200. The molecule has 0 spiro atoms. The molecule has 1 aromatic carbocycles. The summed E-state index contributed by atoms with van der Waals surface area (Å²) in [6.45, 7) is 0.889. The van der Waals surface area contributed by atoms with Crippen LogP contribution in [0.25, 0.3) is 0 Å². The molecule has 1 aromatic rings. The average Bonchev–Trinajstić information content (AvgIpc) is 3.09. The number of hydrogen-bond acceptors (Lipinski definition) is 1. The number of rotatable bonds is 2. The summed E-state index contributed by atoms with van der Waals surface area (Å²) in [4.78, 5) is 14.2. The number of amides is 2. The highest BCUT2D eigenvalue weighted by molar-refractivity contribution is 6.30. The summed E-state index contributed by atoms with van der Waals surface area (Å²) >= 11 is 5.83. The van der Waals surface area contributed by atoms with Crippen LogP contribution in [-0.2, 0) is 0 Å². The fraction of sp³-hybridized carbons (Fsp3) is 0.500. The Morgan fingerprint density at radius 1 is 1.22 bits per heavy atom. The van der Waals surface area contributed by atoms with Crippen molar-refractivity contribution in [1.82, 2.24) is 4.90 Å². The maximum absolute atomic E-state index is 12.2. The Morgan fingerprint density at radius 3 is 2.61 bits per heavy atom. The molecule has 1 aliphatic heterocycles. The topological polar surface area (TPSA) is 32.3 Å². The zero-order valence-corrected chi connectivity index (χ0v) is 11.0. The van der Waals surface area contributed by atoms with Gasteiger partial charge in [0.2, 0.25) is 0 Å². The Balaban J connectivity index is 1.65. The lowest BCUT2D eigenvalue weighted by Crippen LogP contribution is -2.39. The first-order chi connectivity index (χ1) is 8.74. The Morgan fingerprint density at radius 2 is 1.94 bits per heavy atom.